The van der Waals surface area contributed by atoms with Gasteiger partial charge in [-0.05, 0) is 34.0 Å². The van der Waals surface area contributed by atoms with Crippen molar-refractivity contribution >= 4 is 21.7 Å². The van der Waals surface area contributed by atoms with Crippen LogP contribution in [0.5, 0.6) is 0 Å². The maximum absolute atomic E-state index is 11.3. The summed E-state index contributed by atoms with van der Waals surface area (Å²) in [7, 11) is 0. The second-order valence-electron chi connectivity index (χ2n) is 3.05. The van der Waals surface area contributed by atoms with Gasteiger partial charge >= 0.3 is 0 Å². The summed E-state index contributed by atoms with van der Waals surface area (Å²) < 4.78 is 0.880. The second kappa shape index (κ2) is 5.88. The fraction of sp³-hybridized carbons (Fsp3) is 0.400. The molecule has 1 aromatic heterocycles. The fourth-order valence-corrected chi connectivity index (χ4v) is 1.56. The predicted octanol–water partition coefficient (Wildman–Crippen LogP) is 1.73. The Labute approximate surface area is 91.3 Å². The summed E-state index contributed by atoms with van der Waals surface area (Å²) in [4.78, 5) is 15.3. The predicted molar refractivity (Wildman–Crippen MR) is 57.0 cm³/mol. The van der Waals surface area contributed by atoms with Crippen LogP contribution in [0.3, 0.4) is 0 Å². The number of rotatable bonds is 5. The maximum atomic E-state index is 11.3. The van der Waals surface area contributed by atoms with Crippen molar-refractivity contribution in [3.63, 3.8) is 0 Å². The molecule has 0 aliphatic heterocycles. The second-order valence-corrected chi connectivity index (χ2v) is 3.97. The molecular weight excluding hydrogens is 246 g/mol. The van der Waals surface area contributed by atoms with E-state index in [1.165, 1.54) is 0 Å². The van der Waals surface area contributed by atoms with Crippen molar-refractivity contribution in [2.75, 3.05) is 6.61 Å². The van der Waals surface area contributed by atoms with Crippen molar-refractivity contribution in [3.05, 3.63) is 28.5 Å². The first-order valence-electron chi connectivity index (χ1n) is 4.44. The molecule has 4 heteroatoms. The first-order chi connectivity index (χ1) is 6.72. The van der Waals surface area contributed by atoms with Crippen molar-refractivity contribution in [1.82, 2.24) is 4.98 Å². The van der Waals surface area contributed by atoms with E-state index in [1.807, 2.05) is 6.07 Å². The molecule has 1 N–H and O–H groups in total. The van der Waals surface area contributed by atoms with Gasteiger partial charge in [-0.15, -0.1) is 0 Å². The highest BCUT2D eigenvalue weighted by Crippen LogP contribution is 2.10. The van der Waals surface area contributed by atoms with E-state index in [4.69, 9.17) is 5.11 Å². The van der Waals surface area contributed by atoms with Crippen LogP contribution >= 0.6 is 15.9 Å². The van der Waals surface area contributed by atoms with Crippen LogP contribution in [0.25, 0.3) is 0 Å². The molecule has 0 spiro atoms. The quantitative estimate of drug-likeness (QED) is 0.874. The Bertz CT molecular complexity index is 315. The normalized spacial score (nSPS) is 10.1. The third-order valence-electron chi connectivity index (χ3n) is 1.78. The van der Waals surface area contributed by atoms with Gasteiger partial charge in [0.2, 0.25) is 0 Å². The number of halogens is 1. The number of hydrogen-bond donors (Lipinski definition) is 1. The Kier molecular flexibility index (Phi) is 4.76. The van der Waals surface area contributed by atoms with Gasteiger partial charge in [0.1, 0.15) is 5.78 Å². The van der Waals surface area contributed by atoms with E-state index in [-0.39, 0.29) is 12.4 Å². The molecule has 0 radical (unpaired) electrons. The van der Waals surface area contributed by atoms with Gasteiger partial charge in [-0.3, -0.25) is 9.78 Å². The van der Waals surface area contributed by atoms with Crippen LogP contribution in [0.1, 0.15) is 18.4 Å². The van der Waals surface area contributed by atoms with Crippen LogP contribution in [0.4, 0.5) is 0 Å². The smallest absolute Gasteiger partial charge is 0.137 e. The van der Waals surface area contributed by atoms with Crippen LogP contribution in [0, 0.1) is 0 Å². The summed E-state index contributed by atoms with van der Waals surface area (Å²) in [5.74, 6) is 0.138. The van der Waals surface area contributed by atoms with E-state index in [0.717, 1.165) is 10.0 Å². The highest BCUT2D eigenvalue weighted by molar-refractivity contribution is 9.10. The van der Waals surface area contributed by atoms with Gasteiger partial charge in [0.15, 0.2) is 0 Å². The van der Waals surface area contributed by atoms with Crippen LogP contribution in [-0.2, 0) is 11.2 Å². The van der Waals surface area contributed by atoms with Crippen molar-refractivity contribution in [3.8, 4) is 0 Å². The van der Waals surface area contributed by atoms with E-state index in [2.05, 4.69) is 20.9 Å². The monoisotopic (exact) mass is 257 g/mol. The number of Topliss-reactive ketones (excluding diaryl/α,β-unsaturated/α-hetero) is 1. The molecule has 0 aromatic carbocycles. The summed E-state index contributed by atoms with van der Waals surface area (Å²) in [5.41, 5.74) is 0.905. The number of carbonyl (C=O) groups excluding carboxylic acids is 1. The molecule has 0 saturated carbocycles. The molecule has 0 unspecified atom stereocenters. The largest absolute Gasteiger partial charge is 0.396 e. The molecule has 76 valence electrons. The molecule has 14 heavy (non-hydrogen) atoms. The number of nitrogens with zero attached hydrogens (tertiary/aromatic N) is 1. The summed E-state index contributed by atoms with van der Waals surface area (Å²) in [5, 5.41) is 8.55. The van der Waals surface area contributed by atoms with Gasteiger partial charge in [-0.1, -0.05) is 0 Å². The lowest BCUT2D eigenvalue weighted by Crippen LogP contribution is -2.03. The molecule has 0 atom stereocenters. The zero-order valence-electron chi connectivity index (χ0n) is 7.74. The Hall–Kier alpha value is -0.740. The Morgan fingerprint density at radius 1 is 1.50 bits per heavy atom. The summed E-state index contributed by atoms with van der Waals surface area (Å²) in [6, 6.07) is 1.88. The highest BCUT2D eigenvalue weighted by atomic mass is 79.9. The zero-order chi connectivity index (χ0) is 10.4. The molecule has 0 bridgehead atoms. The highest BCUT2D eigenvalue weighted by Gasteiger charge is 2.03. The topological polar surface area (TPSA) is 50.2 Å². The van der Waals surface area contributed by atoms with Crippen LogP contribution in [-0.4, -0.2) is 22.5 Å². The molecule has 0 saturated heterocycles. The third kappa shape index (κ3) is 3.98. The molecular formula is C10H12BrNO2. The van der Waals surface area contributed by atoms with Gasteiger partial charge in [-0.2, -0.15) is 0 Å². The van der Waals surface area contributed by atoms with E-state index in [0.29, 0.717) is 19.3 Å². The maximum Gasteiger partial charge on any atom is 0.137 e. The first kappa shape index (κ1) is 11.3. The molecule has 0 amide bonds. The lowest BCUT2D eigenvalue weighted by Gasteiger charge is -2.00. The van der Waals surface area contributed by atoms with Crippen LogP contribution < -0.4 is 0 Å². The molecule has 1 heterocycles. The minimum atomic E-state index is 0.0719. The van der Waals surface area contributed by atoms with E-state index >= 15 is 0 Å². The lowest BCUT2D eigenvalue weighted by atomic mass is 10.1. The molecule has 1 aromatic rings. The van der Waals surface area contributed by atoms with Crippen molar-refractivity contribution in [2.24, 2.45) is 0 Å². The average molecular weight is 258 g/mol. The Balaban J connectivity index is 2.47. The average Bonchev–Trinajstić information content (AvgIpc) is 2.15. The van der Waals surface area contributed by atoms with E-state index < -0.39 is 0 Å². The fourth-order valence-electron chi connectivity index (χ4n) is 1.14. The number of carbonyl (C=O) groups is 1. The molecule has 3 nitrogen and oxygen atoms in total. The first-order valence-corrected chi connectivity index (χ1v) is 5.23. The lowest BCUT2D eigenvalue weighted by molar-refractivity contribution is -0.118. The molecule has 0 aliphatic carbocycles. The number of pyridine rings is 1. The van der Waals surface area contributed by atoms with Gasteiger partial charge in [-0.25, -0.2) is 0 Å². The van der Waals surface area contributed by atoms with Crippen LogP contribution in [0.15, 0.2) is 22.9 Å². The number of aliphatic hydroxyl groups excluding tert-OH is 1. The summed E-state index contributed by atoms with van der Waals surface area (Å²) in [6.45, 7) is 0.0719. The molecule has 0 fully saturated rings. The van der Waals surface area contributed by atoms with Crippen molar-refractivity contribution < 1.29 is 9.90 Å². The van der Waals surface area contributed by atoms with Gasteiger partial charge < -0.3 is 5.11 Å². The van der Waals surface area contributed by atoms with Gasteiger partial charge in [0, 0.05) is 36.3 Å². The zero-order valence-corrected chi connectivity index (χ0v) is 9.33. The molecule has 1 rings (SSSR count). The van der Waals surface area contributed by atoms with Crippen molar-refractivity contribution in [1.29, 1.82) is 0 Å². The number of aromatic nitrogens is 1. The number of aliphatic hydroxyl groups is 1. The molecule has 0 aliphatic rings. The SMILES string of the molecule is O=C(CCCO)Cc1cncc(Br)c1. The third-order valence-corrected chi connectivity index (χ3v) is 2.21. The van der Waals surface area contributed by atoms with Gasteiger partial charge in [0.25, 0.3) is 0 Å². The van der Waals surface area contributed by atoms with E-state index in [9.17, 15) is 4.79 Å². The van der Waals surface area contributed by atoms with Gasteiger partial charge in [0.05, 0.1) is 0 Å². The number of ketones is 1. The number of hydrogen-bond acceptors (Lipinski definition) is 3. The van der Waals surface area contributed by atoms with Crippen molar-refractivity contribution in [2.45, 2.75) is 19.3 Å². The Morgan fingerprint density at radius 2 is 2.29 bits per heavy atom. The minimum Gasteiger partial charge on any atom is -0.396 e. The summed E-state index contributed by atoms with van der Waals surface area (Å²) in [6.07, 6.45) is 4.74. The minimum absolute atomic E-state index is 0.0719. The Morgan fingerprint density at radius 3 is 2.93 bits per heavy atom. The van der Waals surface area contributed by atoms with Crippen LogP contribution in [0.2, 0.25) is 0 Å². The standard InChI is InChI=1S/C10H12BrNO2/c11-9-4-8(6-12-7-9)5-10(14)2-1-3-13/h4,6-7,13H,1-3,5H2. The summed E-state index contributed by atoms with van der Waals surface area (Å²) >= 11 is 3.29. The van der Waals surface area contributed by atoms with E-state index in [1.54, 1.807) is 12.4 Å².